The summed E-state index contributed by atoms with van der Waals surface area (Å²) in [6, 6.07) is 5.77. The molecule has 0 amide bonds. The molecule has 2 aliphatic heterocycles. The van der Waals surface area contributed by atoms with Gasteiger partial charge in [-0.1, -0.05) is 0 Å². The van der Waals surface area contributed by atoms with Crippen LogP contribution < -0.4 is 9.80 Å². The second-order valence-electron chi connectivity index (χ2n) is 7.96. The maximum Gasteiger partial charge on any atom is 0.128 e. The number of pyridine rings is 1. The van der Waals surface area contributed by atoms with Crippen LogP contribution >= 0.6 is 0 Å². The Labute approximate surface area is 153 Å². The molecule has 2 saturated heterocycles. The first kappa shape index (κ1) is 18.5. The van der Waals surface area contributed by atoms with Crippen LogP contribution in [0.15, 0.2) is 18.3 Å². The minimum atomic E-state index is 0.643. The second-order valence-corrected chi connectivity index (χ2v) is 7.96. The van der Waals surface area contributed by atoms with E-state index in [9.17, 15) is 0 Å². The Morgan fingerprint density at radius 1 is 0.720 bits per heavy atom. The quantitative estimate of drug-likeness (QED) is 0.835. The first-order valence-corrected chi connectivity index (χ1v) is 9.98. The van der Waals surface area contributed by atoms with Crippen LogP contribution in [0.3, 0.4) is 0 Å². The molecule has 5 nitrogen and oxygen atoms in total. The van der Waals surface area contributed by atoms with Crippen molar-refractivity contribution >= 4 is 11.5 Å². The highest BCUT2D eigenvalue weighted by molar-refractivity contribution is 5.51. The van der Waals surface area contributed by atoms with Gasteiger partial charge >= 0.3 is 0 Å². The van der Waals surface area contributed by atoms with E-state index >= 15 is 0 Å². The van der Waals surface area contributed by atoms with Gasteiger partial charge in [0.15, 0.2) is 0 Å². The molecule has 0 unspecified atom stereocenters. The van der Waals surface area contributed by atoms with Gasteiger partial charge in [0.1, 0.15) is 5.82 Å². The van der Waals surface area contributed by atoms with Crippen molar-refractivity contribution in [1.29, 1.82) is 0 Å². The molecule has 25 heavy (non-hydrogen) atoms. The van der Waals surface area contributed by atoms with Crippen LogP contribution in [-0.2, 0) is 0 Å². The van der Waals surface area contributed by atoms with Crippen LogP contribution in [0, 0.1) is 0 Å². The Kier molecular flexibility index (Phi) is 6.18. The molecule has 0 radical (unpaired) electrons. The van der Waals surface area contributed by atoms with Crippen molar-refractivity contribution in [1.82, 2.24) is 14.8 Å². The van der Waals surface area contributed by atoms with Crippen molar-refractivity contribution in [3.8, 4) is 0 Å². The molecule has 0 saturated carbocycles. The summed E-state index contributed by atoms with van der Waals surface area (Å²) >= 11 is 0. The van der Waals surface area contributed by atoms with Gasteiger partial charge in [-0.25, -0.2) is 4.98 Å². The lowest BCUT2D eigenvalue weighted by Crippen LogP contribution is -2.49. The molecule has 0 N–H and O–H groups in total. The van der Waals surface area contributed by atoms with E-state index in [-0.39, 0.29) is 0 Å². The highest BCUT2D eigenvalue weighted by Gasteiger charge is 2.21. The van der Waals surface area contributed by atoms with Gasteiger partial charge in [-0.15, -0.1) is 0 Å². The van der Waals surface area contributed by atoms with Crippen molar-refractivity contribution < 1.29 is 0 Å². The zero-order chi connectivity index (χ0) is 17.8. The van der Waals surface area contributed by atoms with Crippen molar-refractivity contribution in [2.45, 2.75) is 46.2 Å². The van der Waals surface area contributed by atoms with Gasteiger partial charge in [-0.2, -0.15) is 0 Å². The van der Waals surface area contributed by atoms with E-state index in [4.69, 9.17) is 4.98 Å². The van der Waals surface area contributed by atoms with Gasteiger partial charge < -0.3 is 9.80 Å². The van der Waals surface area contributed by atoms with Gasteiger partial charge in [0.2, 0.25) is 0 Å². The standard InChI is InChI=1S/C20H35N5/c1-17(2)22-8-5-9-24(13-10-22)19-6-7-20(21-16-19)25-14-11-23(12-15-25)18(3)4/h6-7,16-18H,5,8-15H2,1-4H3. The number of piperazine rings is 1. The Bertz CT molecular complexity index is 519. The molecule has 140 valence electrons. The average molecular weight is 346 g/mol. The number of hydrogen-bond acceptors (Lipinski definition) is 5. The predicted molar refractivity (Wildman–Crippen MR) is 107 cm³/mol. The van der Waals surface area contributed by atoms with Crippen molar-refractivity contribution in [2.24, 2.45) is 0 Å². The zero-order valence-electron chi connectivity index (χ0n) is 16.5. The molecule has 0 aromatic carbocycles. The Balaban J connectivity index is 1.57. The molecule has 3 heterocycles. The maximum absolute atomic E-state index is 4.78. The Morgan fingerprint density at radius 3 is 1.88 bits per heavy atom. The lowest BCUT2D eigenvalue weighted by atomic mass is 10.2. The summed E-state index contributed by atoms with van der Waals surface area (Å²) in [6.07, 6.45) is 3.31. The lowest BCUT2D eigenvalue weighted by Gasteiger charge is -2.37. The molecule has 0 atom stereocenters. The molecular formula is C20H35N5. The summed E-state index contributed by atoms with van der Waals surface area (Å²) in [5, 5.41) is 0. The summed E-state index contributed by atoms with van der Waals surface area (Å²) in [5.74, 6) is 1.13. The zero-order valence-corrected chi connectivity index (χ0v) is 16.5. The van der Waals surface area contributed by atoms with E-state index in [1.807, 2.05) is 0 Å². The SMILES string of the molecule is CC(C)N1CCCN(c2ccc(N3CCN(C(C)C)CC3)nc2)CC1. The molecular weight excluding hydrogens is 310 g/mol. The number of nitrogens with zero attached hydrogens (tertiary/aromatic N) is 5. The highest BCUT2D eigenvalue weighted by Crippen LogP contribution is 2.21. The van der Waals surface area contributed by atoms with Crippen molar-refractivity contribution in [3.63, 3.8) is 0 Å². The van der Waals surface area contributed by atoms with Gasteiger partial charge in [-0.05, 0) is 46.2 Å². The summed E-state index contributed by atoms with van der Waals surface area (Å²) in [7, 11) is 0. The molecule has 2 fully saturated rings. The number of hydrogen-bond donors (Lipinski definition) is 0. The Morgan fingerprint density at radius 2 is 1.32 bits per heavy atom. The van der Waals surface area contributed by atoms with E-state index in [0.29, 0.717) is 12.1 Å². The lowest BCUT2D eigenvalue weighted by molar-refractivity contribution is 0.209. The highest BCUT2D eigenvalue weighted by atomic mass is 15.3. The molecule has 0 bridgehead atoms. The molecule has 3 rings (SSSR count). The largest absolute Gasteiger partial charge is 0.369 e. The summed E-state index contributed by atoms with van der Waals surface area (Å²) < 4.78 is 0. The van der Waals surface area contributed by atoms with Crippen LogP contribution in [-0.4, -0.2) is 79.2 Å². The van der Waals surface area contributed by atoms with Crippen molar-refractivity contribution in [2.75, 3.05) is 62.2 Å². The van der Waals surface area contributed by atoms with Crippen LogP contribution in [0.25, 0.3) is 0 Å². The van der Waals surface area contributed by atoms with Gasteiger partial charge in [-0.3, -0.25) is 9.80 Å². The monoisotopic (exact) mass is 345 g/mol. The van der Waals surface area contributed by atoms with Crippen molar-refractivity contribution in [3.05, 3.63) is 18.3 Å². The smallest absolute Gasteiger partial charge is 0.128 e. The van der Waals surface area contributed by atoms with Crippen LogP contribution in [0.4, 0.5) is 11.5 Å². The van der Waals surface area contributed by atoms with Gasteiger partial charge in [0.25, 0.3) is 0 Å². The predicted octanol–water partition coefficient (Wildman–Crippen LogP) is 2.53. The minimum absolute atomic E-state index is 0.643. The molecule has 0 aliphatic carbocycles. The second kappa shape index (κ2) is 8.37. The number of anilines is 2. The fourth-order valence-corrected chi connectivity index (χ4v) is 3.93. The number of rotatable bonds is 4. The first-order valence-electron chi connectivity index (χ1n) is 9.98. The summed E-state index contributed by atoms with van der Waals surface area (Å²) in [5.41, 5.74) is 1.27. The fraction of sp³-hybridized carbons (Fsp3) is 0.750. The summed E-state index contributed by atoms with van der Waals surface area (Å²) in [4.78, 5) is 14.8. The molecule has 1 aromatic heterocycles. The van der Waals surface area contributed by atoms with E-state index < -0.39 is 0 Å². The van der Waals surface area contributed by atoms with Crippen LogP contribution in [0.1, 0.15) is 34.1 Å². The third-order valence-corrected chi connectivity index (χ3v) is 5.73. The first-order chi connectivity index (χ1) is 12.0. The maximum atomic E-state index is 4.78. The van der Waals surface area contributed by atoms with Gasteiger partial charge in [0.05, 0.1) is 11.9 Å². The average Bonchev–Trinajstić information content (AvgIpc) is 2.88. The third-order valence-electron chi connectivity index (χ3n) is 5.73. The molecule has 5 heteroatoms. The van der Waals surface area contributed by atoms with E-state index in [0.717, 1.165) is 51.6 Å². The van der Waals surface area contributed by atoms with Crippen LogP contribution in [0.5, 0.6) is 0 Å². The number of aromatic nitrogens is 1. The van der Waals surface area contributed by atoms with E-state index in [1.165, 1.54) is 18.7 Å². The fourth-order valence-electron chi connectivity index (χ4n) is 3.93. The topological polar surface area (TPSA) is 25.9 Å². The molecule has 2 aliphatic rings. The van der Waals surface area contributed by atoms with E-state index in [1.54, 1.807) is 0 Å². The normalized spacial score (nSPS) is 21.2. The molecule has 0 spiro atoms. The molecule has 1 aromatic rings. The summed E-state index contributed by atoms with van der Waals surface area (Å²) in [6.45, 7) is 18.2. The third kappa shape index (κ3) is 4.64. The Hall–Kier alpha value is -1.33. The minimum Gasteiger partial charge on any atom is -0.369 e. The van der Waals surface area contributed by atoms with Gasteiger partial charge in [0, 0.05) is 64.4 Å². The van der Waals surface area contributed by atoms with E-state index in [2.05, 4.69) is 65.6 Å². The van der Waals surface area contributed by atoms with Crippen LogP contribution in [0.2, 0.25) is 0 Å².